The molecule has 0 unspecified atom stereocenters. The SMILES string of the molecule is CCOC(=O)c1[nH]c(C)c(C(=O)[C@@H](C)N(CCOC)C(=O)c2ccccc2Cl)c1C. The van der Waals surface area contributed by atoms with E-state index in [1.54, 1.807) is 52.0 Å². The largest absolute Gasteiger partial charge is 0.461 e. The average molecular weight is 435 g/mol. The lowest BCUT2D eigenvalue weighted by molar-refractivity contribution is 0.0518. The van der Waals surface area contributed by atoms with Crippen molar-refractivity contribution in [3.8, 4) is 0 Å². The van der Waals surface area contributed by atoms with Crippen LogP contribution in [0.15, 0.2) is 24.3 Å². The number of aromatic amines is 1. The van der Waals surface area contributed by atoms with Crippen LogP contribution in [0.1, 0.15) is 56.3 Å². The molecule has 1 atom stereocenters. The molecule has 0 aliphatic heterocycles. The van der Waals surface area contributed by atoms with Crippen molar-refractivity contribution in [2.45, 2.75) is 33.7 Å². The number of nitrogens with one attached hydrogen (secondary N) is 1. The molecule has 0 aliphatic carbocycles. The number of aromatic nitrogens is 1. The summed E-state index contributed by atoms with van der Waals surface area (Å²) in [5.74, 6) is -1.17. The number of aryl methyl sites for hydroxylation is 1. The minimum atomic E-state index is -0.799. The van der Waals surface area contributed by atoms with Gasteiger partial charge in [-0.15, -0.1) is 0 Å². The van der Waals surface area contributed by atoms with Crippen LogP contribution >= 0.6 is 11.6 Å². The number of benzene rings is 1. The molecule has 0 radical (unpaired) electrons. The van der Waals surface area contributed by atoms with E-state index in [2.05, 4.69) is 4.98 Å². The highest BCUT2D eigenvalue weighted by molar-refractivity contribution is 6.33. The minimum absolute atomic E-state index is 0.209. The fraction of sp³-hybridized carbons (Fsp3) is 0.409. The Morgan fingerprint density at radius 1 is 1.20 bits per heavy atom. The van der Waals surface area contributed by atoms with Gasteiger partial charge in [-0.2, -0.15) is 0 Å². The number of nitrogens with zero attached hydrogens (tertiary/aromatic N) is 1. The van der Waals surface area contributed by atoms with E-state index in [-0.39, 0.29) is 37.1 Å². The van der Waals surface area contributed by atoms with Gasteiger partial charge in [0, 0.05) is 24.9 Å². The first-order chi connectivity index (χ1) is 14.2. The molecule has 0 spiro atoms. The van der Waals surface area contributed by atoms with Crippen molar-refractivity contribution >= 4 is 29.3 Å². The lowest BCUT2D eigenvalue weighted by Crippen LogP contribution is -2.45. The van der Waals surface area contributed by atoms with Crippen molar-refractivity contribution in [1.29, 1.82) is 0 Å². The van der Waals surface area contributed by atoms with Gasteiger partial charge in [-0.25, -0.2) is 4.79 Å². The van der Waals surface area contributed by atoms with E-state index in [4.69, 9.17) is 21.1 Å². The van der Waals surface area contributed by atoms with Gasteiger partial charge >= 0.3 is 5.97 Å². The summed E-state index contributed by atoms with van der Waals surface area (Å²) in [6.07, 6.45) is 0. The first-order valence-electron chi connectivity index (χ1n) is 9.69. The third-order valence-electron chi connectivity index (χ3n) is 4.91. The zero-order valence-corrected chi connectivity index (χ0v) is 18.6. The third kappa shape index (κ3) is 4.91. The summed E-state index contributed by atoms with van der Waals surface area (Å²) >= 11 is 6.20. The lowest BCUT2D eigenvalue weighted by atomic mass is 9.99. The van der Waals surface area contributed by atoms with Crippen molar-refractivity contribution < 1.29 is 23.9 Å². The van der Waals surface area contributed by atoms with Crippen LogP contribution in [0.3, 0.4) is 0 Å². The molecule has 2 rings (SSSR count). The molecule has 2 aromatic rings. The van der Waals surface area contributed by atoms with Crippen molar-refractivity contribution in [2.24, 2.45) is 0 Å². The van der Waals surface area contributed by atoms with Crippen LogP contribution in [0, 0.1) is 13.8 Å². The summed E-state index contributed by atoms with van der Waals surface area (Å²) in [6, 6.07) is 5.89. The van der Waals surface area contributed by atoms with Crippen LogP contribution in [-0.2, 0) is 9.47 Å². The molecule has 0 saturated carbocycles. The van der Waals surface area contributed by atoms with Gasteiger partial charge in [0.05, 0.1) is 29.8 Å². The quantitative estimate of drug-likeness (QED) is 0.478. The molecule has 0 fully saturated rings. The first-order valence-corrected chi connectivity index (χ1v) is 10.1. The van der Waals surface area contributed by atoms with Crippen LogP contribution < -0.4 is 0 Å². The van der Waals surface area contributed by atoms with Gasteiger partial charge in [0.2, 0.25) is 0 Å². The van der Waals surface area contributed by atoms with Gasteiger partial charge in [-0.3, -0.25) is 9.59 Å². The number of carbonyl (C=O) groups excluding carboxylic acids is 3. The molecule has 7 nitrogen and oxygen atoms in total. The van der Waals surface area contributed by atoms with Gasteiger partial charge in [0.25, 0.3) is 5.91 Å². The Balaban J connectivity index is 2.40. The fourth-order valence-corrected chi connectivity index (χ4v) is 3.54. The third-order valence-corrected chi connectivity index (χ3v) is 5.24. The van der Waals surface area contributed by atoms with E-state index in [0.29, 0.717) is 27.4 Å². The fourth-order valence-electron chi connectivity index (χ4n) is 3.33. The normalized spacial score (nSPS) is 11.8. The second kappa shape index (κ2) is 10.4. The summed E-state index contributed by atoms with van der Waals surface area (Å²) in [6.45, 7) is 7.46. The van der Waals surface area contributed by atoms with Crippen molar-refractivity contribution in [2.75, 3.05) is 26.9 Å². The molecule has 1 aromatic carbocycles. The predicted molar refractivity (Wildman–Crippen MR) is 114 cm³/mol. The molecule has 1 aromatic heterocycles. The van der Waals surface area contributed by atoms with Gasteiger partial charge < -0.3 is 19.4 Å². The number of Topliss-reactive ketones (excluding diaryl/α,β-unsaturated/α-hetero) is 1. The zero-order valence-electron chi connectivity index (χ0n) is 17.9. The van der Waals surface area contributed by atoms with Crippen LogP contribution in [0.2, 0.25) is 5.02 Å². The molecule has 1 amide bonds. The second-order valence-corrected chi connectivity index (χ2v) is 7.26. The van der Waals surface area contributed by atoms with E-state index in [1.165, 1.54) is 12.0 Å². The summed E-state index contributed by atoms with van der Waals surface area (Å²) in [5.41, 5.74) is 1.97. The summed E-state index contributed by atoms with van der Waals surface area (Å²) in [4.78, 5) is 43.1. The molecular formula is C22H27ClN2O5. The Bertz CT molecular complexity index is 938. The molecule has 0 aliphatic rings. The molecule has 0 bridgehead atoms. The number of methoxy groups -OCH3 is 1. The molecule has 162 valence electrons. The highest BCUT2D eigenvalue weighted by Crippen LogP contribution is 2.24. The van der Waals surface area contributed by atoms with Crippen LogP contribution in [0.4, 0.5) is 0 Å². The Kier molecular flexibility index (Phi) is 8.20. The Morgan fingerprint density at radius 2 is 1.87 bits per heavy atom. The summed E-state index contributed by atoms with van der Waals surface area (Å²) in [7, 11) is 1.52. The Labute approximate surface area is 181 Å². The standard InChI is InChI=1S/C22H27ClN2O5/c1-6-30-22(28)19-13(2)18(14(3)24-19)20(26)15(4)25(11-12-29-5)21(27)16-9-7-8-10-17(16)23/h7-10,15,24H,6,11-12H2,1-5H3/t15-/m1/s1. The van der Waals surface area contributed by atoms with Crippen molar-refractivity contribution in [3.05, 3.63) is 57.4 Å². The molecule has 30 heavy (non-hydrogen) atoms. The van der Waals surface area contributed by atoms with E-state index in [1.807, 2.05) is 0 Å². The maximum absolute atomic E-state index is 13.4. The number of H-pyrrole nitrogens is 1. The molecule has 8 heteroatoms. The smallest absolute Gasteiger partial charge is 0.355 e. The lowest BCUT2D eigenvalue weighted by Gasteiger charge is -2.29. The number of halogens is 1. The maximum atomic E-state index is 13.4. The Morgan fingerprint density at radius 3 is 2.47 bits per heavy atom. The molecule has 1 heterocycles. The topological polar surface area (TPSA) is 88.7 Å². The van der Waals surface area contributed by atoms with Gasteiger partial charge in [-0.05, 0) is 45.4 Å². The number of ketones is 1. The monoisotopic (exact) mass is 434 g/mol. The summed E-state index contributed by atoms with van der Waals surface area (Å²) < 4.78 is 10.2. The average Bonchev–Trinajstić information content (AvgIpc) is 3.02. The number of esters is 1. The summed E-state index contributed by atoms with van der Waals surface area (Å²) in [5, 5.41) is 0.308. The van der Waals surface area contributed by atoms with Gasteiger partial charge in [-0.1, -0.05) is 23.7 Å². The molecule has 0 saturated heterocycles. The van der Waals surface area contributed by atoms with Crippen molar-refractivity contribution in [3.63, 3.8) is 0 Å². The number of carbonyl (C=O) groups is 3. The highest BCUT2D eigenvalue weighted by Gasteiger charge is 2.32. The number of hydrogen-bond acceptors (Lipinski definition) is 5. The van der Waals surface area contributed by atoms with Gasteiger partial charge in [0.15, 0.2) is 5.78 Å². The van der Waals surface area contributed by atoms with Gasteiger partial charge in [0.1, 0.15) is 5.69 Å². The van der Waals surface area contributed by atoms with E-state index < -0.39 is 12.0 Å². The highest BCUT2D eigenvalue weighted by atomic mass is 35.5. The zero-order chi connectivity index (χ0) is 22.4. The predicted octanol–water partition coefficient (Wildman–Crippen LogP) is 3.82. The first kappa shape index (κ1) is 23.6. The number of rotatable bonds is 9. The molecule has 1 N–H and O–H groups in total. The van der Waals surface area contributed by atoms with E-state index >= 15 is 0 Å². The minimum Gasteiger partial charge on any atom is -0.461 e. The number of amides is 1. The van der Waals surface area contributed by atoms with Crippen LogP contribution in [-0.4, -0.2) is 60.5 Å². The van der Waals surface area contributed by atoms with E-state index in [0.717, 1.165) is 0 Å². The van der Waals surface area contributed by atoms with Crippen LogP contribution in [0.5, 0.6) is 0 Å². The second-order valence-electron chi connectivity index (χ2n) is 6.86. The van der Waals surface area contributed by atoms with Crippen LogP contribution in [0.25, 0.3) is 0 Å². The number of ether oxygens (including phenoxy) is 2. The number of hydrogen-bond donors (Lipinski definition) is 1. The molecular weight excluding hydrogens is 408 g/mol. The Hall–Kier alpha value is -2.64. The maximum Gasteiger partial charge on any atom is 0.355 e. The van der Waals surface area contributed by atoms with Crippen molar-refractivity contribution in [1.82, 2.24) is 9.88 Å². The van der Waals surface area contributed by atoms with E-state index in [9.17, 15) is 14.4 Å².